The summed E-state index contributed by atoms with van der Waals surface area (Å²) in [4.78, 5) is 2.45. The lowest BCUT2D eigenvalue weighted by Gasteiger charge is -2.20. The van der Waals surface area contributed by atoms with Gasteiger partial charge < -0.3 is 0 Å². The lowest BCUT2D eigenvalue weighted by Crippen LogP contribution is -2.25. The molecule has 1 aromatic carbocycles. The van der Waals surface area contributed by atoms with E-state index in [-0.39, 0.29) is 0 Å². The molecule has 0 unspecified atom stereocenters. The maximum atomic E-state index is 3.50. The number of rotatable bonds is 5. The normalized spacial score (nSPS) is 11.0. The van der Waals surface area contributed by atoms with Gasteiger partial charge in [-0.05, 0) is 31.5 Å². The third-order valence-electron chi connectivity index (χ3n) is 2.75. The van der Waals surface area contributed by atoms with Crippen LogP contribution in [0.25, 0.3) is 0 Å². The zero-order valence-electron chi connectivity index (χ0n) is 9.89. The fourth-order valence-electron chi connectivity index (χ4n) is 1.68. The summed E-state index contributed by atoms with van der Waals surface area (Å²) in [6.45, 7) is 9.85. The lowest BCUT2D eigenvalue weighted by atomic mass is 10.1. The second-order valence-electron chi connectivity index (χ2n) is 3.99. The summed E-state index contributed by atoms with van der Waals surface area (Å²) in [7, 11) is 0. The summed E-state index contributed by atoms with van der Waals surface area (Å²) in [6, 6.07) is 6.69. The van der Waals surface area contributed by atoms with E-state index in [2.05, 4.69) is 59.8 Å². The van der Waals surface area contributed by atoms with Crippen LogP contribution in [-0.4, -0.2) is 23.3 Å². The quantitative estimate of drug-likeness (QED) is 0.740. The Morgan fingerprint density at radius 2 is 2.00 bits per heavy atom. The Hall–Kier alpha value is -0.340. The Labute approximate surface area is 102 Å². The zero-order chi connectivity index (χ0) is 11.3. The van der Waals surface area contributed by atoms with E-state index in [1.54, 1.807) is 0 Å². The average Bonchev–Trinajstić information content (AvgIpc) is 2.22. The molecule has 0 aliphatic heterocycles. The van der Waals surface area contributed by atoms with Gasteiger partial charge >= 0.3 is 0 Å². The smallest absolute Gasteiger partial charge is 0.0236 e. The fourth-order valence-corrected chi connectivity index (χ4v) is 2.18. The summed E-state index contributed by atoms with van der Waals surface area (Å²) in [5, 5.41) is 1.05. The van der Waals surface area contributed by atoms with Crippen LogP contribution < -0.4 is 0 Å². The van der Waals surface area contributed by atoms with Gasteiger partial charge in [0.2, 0.25) is 0 Å². The lowest BCUT2D eigenvalue weighted by molar-refractivity contribution is 0.298. The summed E-state index contributed by atoms with van der Waals surface area (Å²) >= 11 is 3.50. The number of benzene rings is 1. The van der Waals surface area contributed by atoms with E-state index >= 15 is 0 Å². The van der Waals surface area contributed by atoms with E-state index in [9.17, 15) is 0 Å². The van der Waals surface area contributed by atoms with E-state index in [1.165, 1.54) is 16.7 Å². The van der Waals surface area contributed by atoms with Gasteiger partial charge in [-0.25, -0.2) is 0 Å². The van der Waals surface area contributed by atoms with Crippen LogP contribution in [0.4, 0.5) is 0 Å². The number of hydrogen-bond acceptors (Lipinski definition) is 1. The van der Waals surface area contributed by atoms with Gasteiger partial charge in [0.05, 0.1) is 0 Å². The molecule has 0 heterocycles. The number of nitrogens with zero attached hydrogens (tertiary/aromatic N) is 1. The van der Waals surface area contributed by atoms with Gasteiger partial charge in [-0.1, -0.05) is 46.6 Å². The molecule has 1 rings (SSSR count). The highest BCUT2D eigenvalue weighted by molar-refractivity contribution is 9.09. The van der Waals surface area contributed by atoms with Crippen LogP contribution in [0.2, 0.25) is 0 Å². The Kier molecular flexibility index (Phi) is 5.34. The van der Waals surface area contributed by atoms with E-state index in [4.69, 9.17) is 0 Å². The Morgan fingerprint density at radius 3 is 2.60 bits per heavy atom. The highest BCUT2D eigenvalue weighted by atomic mass is 79.9. The Morgan fingerprint density at radius 1 is 1.27 bits per heavy atom. The predicted octanol–water partition coefficient (Wildman–Crippen LogP) is 3.52. The van der Waals surface area contributed by atoms with Gasteiger partial charge in [-0.2, -0.15) is 0 Å². The maximum Gasteiger partial charge on any atom is 0.0236 e. The van der Waals surface area contributed by atoms with Gasteiger partial charge in [0.15, 0.2) is 0 Å². The molecule has 0 amide bonds. The molecule has 0 N–H and O–H groups in total. The first-order valence-electron chi connectivity index (χ1n) is 5.51. The first-order valence-corrected chi connectivity index (χ1v) is 6.64. The van der Waals surface area contributed by atoms with Crippen LogP contribution in [0.5, 0.6) is 0 Å². The first-order chi connectivity index (χ1) is 7.17. The molecule has 0 atom stereocenters. The minimum absolute atomic E-state index is 1.05. The summed E-state index contributed by atoms with van der Waals surface area (Å²) in [6.07, 6.45) is 0. The standard InChI is InChI=1S/C13H20BrN/c1-4-15(8-7-14)10-13-9-11(2)5-6-12(13)3/h5-6,9H,4,7-8,10H2,1-3H3. The molecule has 0 aromatic heterocycles. The molecule has 84 valence electrons. The second kappa shape index (κ2) is 6.29. The maximum absolute atomic E-state index is 3.50. The molecule has 0 radical (unpaired) electrons. The van der Waals surface area contributed by atoms with Gasteiger partial charge in [-0.15, -0.1) is 0 Å². The van der Waals surface area contributed by atoms with Crippen LogP contribution in [-0.2, 0) is 6.54 Å². The van der Waals surface area contributed by atoms with Crippen molar-refractivity contribution in [2.45, 2.75) is 27.3 Å². The molecular formula is C13H20BrN. The van der Waals surface area contributed by atoms with Crippen LogP contribution >= 0.6 is 15.9 Å². The van der Waals surface area contributed by atoms with Gasteiger partial charge in [0.25, 0.3) is 0 Å². The average molecular weight is 270 g/mol. The molecule has 1 nitrogen and oxygen atoms in total. The van der Waals surface area contributed by atoms with Crippen LogP contribution in [0.1, 0.15) is 23.6 Å². The molecule has 0 saturated carbocycles. The summed E-state index contributed by atoms with van der Waals surface area (Å²) < 4.78 is 0. The SMILES string of the molecule is CCN(CCBr)Cc1cc(C)ccc1C. The number of halogens is 1. The number of hydrogen-bond donors (Lipinski definition) is 0. The molecule has 2 heteroatoms. The van der Waals surface area contributed by atoms with Gasteiger partial charge in [-0.3, -0.25) is 4.90 Å². The molecule has 0 aliphatic rings. The number of aryl methyl sites for hydroxylation is 2. The van der Waals surface area contributed by atoms with Crippen LogP contribution in [0.15, 0.2) is 18.2 Å². The predicted molar refractivity (Wildman–Crippen MR) is 70.7 cm³/mol. The van der Waals surface area contributed by atoms with Crippen molar-refractivity contribution in [3.8, 4) is 0 Å². The third-order valence-corrected chi connectivity index (χ3v) is 3.10. The van der Waals surface area contributed by atoms with Crippen LogP contribution in [0.3, 0.4) is 0 Å². The van der Waals surface area contributed by atoms with Crippen molar-refractivity contribution in [2.24, 2.45) is 0 Å². The van der Waals surface area contributed by atoms with Crippen molar-refractivity contribution in [1.82, 2.24) is 4.90 Å². The Balaban J connectivity index is 2.73. The molecular weight excluding hydrogens is 250 g/mol. The fraction of sp³-hybridized carbons (Fsp3) is 0.538. The highest BCUT2D eigenvalue weighted by Crippen LogP contribution is 2.13. The molecule has 0 bridgehead atoms. The van der Waals surface area contributed by atoms with E-state index in [0.717, 1.165) is 25.0 Å². The summed E-state index contributed by atoms with van der Waals surface area (Å²) in [5.41, 5.74) is 4.21. The van der Waals surface area contributed by atoms with Crippen molar-refractivity contribution in [1.29, 1.82) is 0 Å². The van der Waals surface area contributed by atoms with E-state index in [0.29, 0.717) is 0 Å². The van der Waals surface area contributed by atoms with Crippen molar-refractivity contribution in [3.05, 3.63) is 34.9 Å². The minimum atomic E-state index is 1.05. The van der Waals surface area contributed by atoms with E-state index < -0.39 is 0 Å². The van der Waals surface area contributed by atoms with Crippen molar-refractivity contribution in [2.75, 3.05) is 18.4 Å². The van der Waals surface area contributed by atoms with Crippen molar-refractivity contribution < 1.29 is 0 Å². The zero-order valence-corrected chi connectivity index (χ0v) is 11.5. The van der Waals surface area contributed by atoms with Crippen LogP contribution in [0, 0.1) is 13.8 Å². The molecule has 0 saturated heterocycles. The minimum Gasteiger partial charge on any atom is -0.299 e. The van der Waals surface area contributed by atoms with Crippen molar-refractivity contribution >= 4 is 15.9 Å². The molecule has 1 aromatic rings. The Bertz CT molecular complexity index is 309. The third kappa shape index (κ3) is 3.96. The monoisotopic (exact) mass is 269 g/mol. The molecule has 0 fully saturated rings. The van der Waals surface area contributed by atoms with Crippen molar-refractivity contribution in [3.63, 3.8) is 0 Å². The highest BCUT2D eigenvalue weighted by Gasteiger charge is 2.05. The van der Waals surface area contributed by atoms with E-state index in [1.807, 2.05) is 0 Å². The number of alkyl halides is 1. The van der Waals surface area contributed by atoms with Gasteiger partial charge in [0.1, 0.15) is 0 Å². The second-order valence-corrected chi connectivity index (χ2v) is 4.78. The molecule has 15 heavy (non-hydrogen) atoms. The van der Waals surface area contributed by atoms with Gasteiger partial charge in [0, 0.05) is 18.4 Å². The topological polar surface area (TPSA) is 3.24 Å². The largest absolute Gasteiger partial charge is 0.299 e. The summed E-state index contributed by atoms with van der Waals surface area (Å²) in [5.74, 6) is 0. The molecule has 0 aliphatic carbocycles. The first kappa shape index (κ1) is 12.7. The molecule has 0 spiro atoms.